The number of carbonyl (C=O) groups excluding carboxylic acids is 5. The Labute approximate surface area is 300 Å². The van der Waals surface area contributed by atoms with Crippen LogP contribution in [-0.2, 0) is 47.0 Å². The summed E-state index contributed by atoms with van der Waals surface area (Å²) in [6, 6.07) is 2.42. The van der Waals surface area contributed by atoms with Gasteiger partial charge in [-0.1, -0.05) is 50.3 Å². The molecule has 3 fully saturated rings. The molecule has 0 radical (unpaired) electrons. The summed E-state index contributed by atoms with van der Waals surface area (Å²) >= 11 is 0. The Morgan fingerprint density at radius 2 is 1.92 bits per heavy atom. The lowest BCUT2D eigenvalue weighted by atomic mass is 9.90. The molecule has 6 rings (SSSR count). The number of nitrogens with one attached hydrogen (secondary N) is 3. The molecule has 1 aromatic rings. The minimum Gasteiger partial charge on any atom is -0.449 e. The van der Waals surface area contributed by atoms with Gasteiger partial charge in [0.25, 0.3) is 5.91 Å². The molecular weight excluding hydrogens is 704 g/mol. The van der Waals surface area contributed by atoms with Crippen molar-refractivity contribution < 1.29 is 50.6 Å². The maximum Gasteiger partial charge on any atom is 0.410 e. The number of sulfonamides is 1. The zero-order chi connectivity index (χ0) is 37.6. The number of benzene rings is 1. The van der Waals surface area contributed by atoms with Crippen LogP contribution in [0.25, 0.3) is 6.08 Å². The van der Waals surface area contributed by atoms with Gasteiger partial charge in [-0.25, -0.2) is 26.8 Å². The SMILES string of the molecule is C=C[C@@H]1C[C@]1(NC(=O)[C@@H]1C[C@@H]2CN1C(=O)[C@H](CC(F)F)NC(=O)OCC(C)(C)CC=Cc1cccc3c1CN(C3)C(=O)O2)C(=O)NS(=O)(=O)C1CC1. The molecule has 2 saturated carbocycles. The average Bonchev–Trinajstić information content (AvgIpc) is 3.97. The largest absolute Gasteiger partial charge is 0.449 e. The van der Waals surface area contributed by atoms with Gasteiger partial charge < -0.3 is 25.0 Å². The Bertz CT molecular complexity index is 1800. The van der Waals surface area contributed by atoms with E-state index in [1.807, 2.05) is 44.2 Å². The van der Waals surface area contributed by atoms with E-state index < -0.39 is 93.1 Å². The molecule has 3 N–H and O–H groups in total. The number of carbonyl (C=O) groups is 5. The Morgan fingerprint density at radius 1 is 1.17 bits per heavy atom. The molecule has 2 aliphatic carbocycles. The van der Waals surface area contributed by atoms with Crippen LogP contribution in [0.3, 0.4) is 0 Å². The summed E-state index contributed by atoms with van der Waals surface area (Å²) in [5.74, 6) is -3.56. The van der Waals surface area contributed by atoms with Crippen molar-refractivity contribution in [3.05, 3.63) is 53.6 Å². The number of halogens is 2. The number of nitrogens with zero attached hydrogens (tertiary/aromatic N) is 2. The molecule has 0 spiro atoms. The molecule has 17 heteroatoms. The lowest BCUT2D eigenvalue weighted by Crippen LogP contribution is -2.58. The van der Waals surface area contributed by atoms with E-state index in [0.717, 1.165) is 21.6 Å². The third-order valence-electron chi connectivity index (χ3n) is 10.2. The fourth-order valence-electron chi connectivity index (χ4n) is 6.95. The minimum absolute atomic E-state index is 0.0256. The Kier molecular flexibility index (Phi) is 10.1. The zero-order valence-electron chi connectivity index (χ0n) is 28.9. The van der Waals surface area contributed by atoms with Crippen molar-refractivity contribution in [3.8, 4) is 0 Å². The summed E-state index contributed by atoms with van der Waals surface area (Å²) < 4.78 is 66.1. The first-order valence-electron chi connectivity index (χ1n) is 17.3. The molecule has 1 saturated heterocycles. The number of alkyl carbamates (subject to hydrolysis) is 1. The third-order valence-corrected chi connectivity index (χ3v) is 12.0. The molecule has 282 valence electrons. The van der Waals surface area contributed by atoms with Crippen LogP contribution in [0.5, 0.6) is 0 Å². The van der Waals surface area contributed by atoms with Gasteiger partial charge >= 0.3 is 12.2 Å². The molecule has 0 aromatic heterocycles. The molecule has 5 amide bonds. The summed E-state index contributed by atoms with van der Waals surface area (Å²) in [6.07, 6.45) is -0.792. The summed E-state index contributed by atoms with van der Waals surface area (Å²) in [6.45, 7) is 7.37. The fourth-order valence-corrected chi connectivity index (χ4v) is 8.32. The lowest BCUT2D eigenvalue weighted by molar-refractivity contribution is -0.141. The number of amides is 5. The van der Waals surface area contributed by atoms with E-state index in [0.29, 0.717) is 19.3 Å². The van der Waals surface area contributed by atoms with Crippen LogP contribution in [0, 0.1) is 11.3 Å². The monoisotopic (exact) mass is 747 g/mol. The standard InChI is InChI=1S/C35H43F2N5O9S/c1-4-22-15-35(22,31(45)40-52(48,49)24-10-11-24)39-29(43)27-13-23-17-42(27)30(44)26(14-28(36)37)38-32(46)50-19-34(2,3)12-6-9-20-7-5-8-21-16-41(18-25(20)21)33(47)51-23/h4-9,22-24,26-28H,1,10-19H2,2-3H3,(H,38,46)(H,39,43)(H,40,45)/t22-,23-,26+,27+,35-/m1/s1. The Morgan fingerprint density at radius 3 is 2.60 bits per heavy atom. The molecule has 14 nitrogen and oxygen atoms in total. The second-order valence-electron chi connectivity index (χ2n) is 14.9. The van der Waals surface area contributed by atoms with Gasteiger partial charge in [0.2, 0.25) is 28.3 Å². The van der Waals surface area contributed by atoms with Crippen molar-refractivity contribution in [3.63, 3.8) is 0 Å². The highest BCUT2D eigenvalue weighted by molar-refractivity contribution is 7.91. The normalized spacial score (nSPS) is 28.9. The maximum absolute atomic E-state index is 14.0. The summed E-state index contributed by atoms with van der Waals surface area (Å²) in [7, 11) is -3.98. The fraction of sp³-hybridized carbons (Fsp3) is 0.571. The van der Waals surface area contributed by atoms with E-state index in [9.17, 15) is 41.2 Å². The Balaban J connectivity index is 1.28. The average molecular weight is 748 g/mol. The molecule has 0 unspecified atom stereocenters. The lowest BCUT2D eigenvalue weighted by Gasteiger charge is -2.30. The number of fused-ring (bicyclic) bond motifs is 3. The van der Waals surface area contributed by atoms with Crippen molar-refractivity contribution >= 4 is 46.0 Å². The molecule has 4 bridgehead atoms. The van der Waals surface area contributed by atoms with E-state index in [4.69, 9.17) is 9.47 Å². The third kappa shape index (κ3) is 7.93. The molecule has 5 aliphatic rings. The van der Waals surface area contributed by atoms with Gasteiger partial charge in [0.15, 0.2) is 0 Å². The smallest absolute Gasteiger partial charge is 0.410 e. The first-order valence-corrected chi connectivity index (χ1v) is 18.8. The quantitative estimate of drug-likeness (QED) is 0.337. The van der Waals surface area contributed by atoms with Crippen molar-refractivity contribution in [2.75, 3.05) is 13.2 Å². The van der Waals surface area contributed by atoms with Crippen LogP contribution >= 0.6 is 0 Å². The molecular formula is C35H43F2N5O9S. The summed E-state index contributed by atoms with van der Waals surface area (Å²) in [4.78, 5) is 70.2. The number of ether oxygens (including phenoxy) is 2. The summed E-state index contributed by atoms with van der Waals surface area (Å²) in [5, 5.41) is 4.11. The molecule has 1 aromatic carbocycles. The second kappa shape index (κ2) is 14.1. The van der Waals surface area contributed by atoms with Crippen LogP contribution in [0.2, 0.25) is 0 Å². The minimum atomic E-state index is -3.98. The highest BCUT2D eigenvalue weighted by Crippen LogP contribution is 2.45. The van der Waals surface area contributed by atoms with E-state index in [1.54, 1.807) is 0 Å². The zero-order valence-corrected chi connectivity index (χ0v) is 29.8. The van der Waals surface area contributed by atoms with Crippen LogP contribution in [0.1, 0.15) is 69.1 Å². The number of rotatable bonds is 8. The van der Waals surface area contributed by atoms with Gasteiger partial charge in [0, 0.05) is 30.7 Å². The van der Waals surface area contributed by atoms with Gasteiger partial charge in [-0.05, 0) is 42.4 Å². The van der Waals surface area contributed by atoms with Crippen molar-refractivity contribution in [2.45, 2.75) is 101 Å². The van der Waals surface area contributed by atoms with Crippen molar-refractivity contribution in [1.29, 1.82) is 0 Å². The van der Waals surface area contributed by atoms with E-state index in [1.165, 1.54) is 11.0 Å². The summed E-state index contributed by atoms with van der Waals surface area (Å²) in [5.41, 5.74) is 0.456. The van der Waals surface area contributed by atoms with Gasteiger partial charge in [0.1, 0.15) is 23.7 Å². The highest BCUT2D eigenvalue weighted by Gasteiger charge is 2.62. The molecule has 52 heavy (non-hydrogen) atoms. The highest BCUT2D eigenvalue weighted by atomic mass is 32.2. The van der Waals surface area contributed by atoms with Gasteiger partial charge in [-0.2, -0.15) is 0 Å². The number of cyclic esters (lactones) is 1. The van der Waals surface area contributed by atoms with E-state index >= 15 is 0 Å². The Hall–Kier alpha value is -4.54. The maximum atomic E-state index is 14.0. The van der Waals surface area contributed by atoms with Crippen molar-refractivity contribution in [1.82, 2.24) is 25.2 Å². The number of hydrogen-bond donors (Lipinski definition) is 3. The predicted octanol–water partition coefficient (Wildman–Crippen LogP) is 2.97. The van der Waals surface area contributed by atoms with Crippen LogP contribution in [-0.4, -0.2) is 96.7 Å². The predicted molar refractivity (Wildman–Crippen MR) is 182 cm³/mol. The second-order valence-corrected chi connectivity index (χ2v) is 16.9. The van der Waals surface area contributed by atoms with Crippen LogP contribution < -0.4 is 15.4 Å². The number of hydrogen-bond acceptors (Lipinski definition) is 9. The first-order chi connectivity index (χ1) is 24.5. The van der Waals surface area contributed by atoms with E-state index in [-0.39, 0.29) is 39.1 Å². The molecule has 3 heterocycles. The van der Waals surface area contributed by atoms with Gasteiger partial charge in [-0.15, -0.1) is 6.58 Å². The van der Waals surface area contributed by atoms with Gasteiger partial charge in [0.05, 0.1) is 24.9 Å². The van der Waals surface area contributed by atoms with Gasteiger partial charge in [-0.3, -0.25) is 24.0 Å². The van der Waals surface area contributed by atoms with Crippen LogP contribution in [0.15, 0.2) is 36.9 Å². The topological polar surface area (TPSA) is 181 Å². The number of alkyl halides is 2. The van der Waals surface area contributed by atoms with Crippen molar-refractivity contribution in [2.24, 2.45) is 11.3 Å². The number of allylic oxidation sites excluding steroid dienone is 1. The van der Waals surface area contributed by atoms with Crippen LogP contribution in [0.4, 0.5) is 18.4 Å². The van der Waals surface area contributed by atoms with E-state index in [2.05, 4.69) is 21.9 Å². The molecule has 3 aliphatic heterocycles. The first kappa shape index (κ1) is 37.2. The molecule has 5 atom stereocenters.